The van der Waals surface area contributed by atoms with E-state index in [4.69, 9.17) is 4.74 Å². The number of benzene rings is 1. The smallest absolute Gasteiger partial charge is 0.236 e. The van der Waals surface area contributed by atoms with E-state index in [1.54, 1.807) is 0 Å². The van der Waals surface area contributed by atoms with Gasteiger partial charge in [-0.05, 0) is 45.2 Å². The van der Waals surface area contributed by atoms with Gasteiger partial charge in [0.1, 0.15) is 12.4 Å². The Bertz CT molecular complexity index is 878. The van der Waals surface area contributed by atoms with Crippen molar-refractivity contribution in [3.8, 4) is 5.75 Å². The molecule has 2 atom stereocenters. The van der Waals surface area contributed by atoms with Crippen molar-refractivity contribution in [1.82, 2.24) is 19.6 Å². The molecule has 7 heteroatoms. The Labute approximate surface area is 204 Å². The Morgan fingerprint density at radius 2 is 1.85 bits per heavy atom. The van der Waals surface area contributed by atoms with Gasteiger partial charge in [0.25, 0.3) is 0 Å². The van der Waals surface area contributed by atoms with E-state index >= 15 is 0 Å². The van der Waals surface area contributed by atoms with E-state index in [-0.39, 0.29) is 29.7 Å². The van der Waals surface area contributed by atoms with Gasteiger partial charge in [-0.3, -0.25) is 14.5 Å². The maximum Gasteiger partial charge on any atom is 0.236 e. The molecule has 0 radical (unpaired) electrons. The van der Waals surface area contributed by atoms with Crippen molar-refractivity contribution in [3.63, 3.8) is 0 Å². The van der Waals surface area contributed by atoms with Crippen molar-refractivity contribution in [2.24, 2.45) is 11.8 Å². The summed E-state index contributed by atoms with van der Waals surface area (Å²) in [5.41, 5.74) is 1.10. The van der Waals surface area contributed by atoms with Crippen LogP contribution >= 0.6 is 0 Å². The summed E-state index contributed by atoms with van der Waals surface area (Å²) in [6.45, 7) is 10.7. The molecule has 0 unspecified atom stereocenters. The predicted molar refractivity (Wildman–Crippen MR) is 133 cm³/mol. The zero-order valence-electron chi connectivity index (χ0n) is 21.0. The Morgan fingerprint density at radius 1 is 1.09 bits per heavy atom. The number of likely N-dealkylation sites (N-methyl/N-ethyl adjacent to an activating group) is 1. The zero-order chi connectivity index (χ0) is 24.1. The van der Waals surface area contributed by atoms with E-state index in [0.29, 0.717) is 32.7 Å². The molecule has 0 spiro atoms. The molecule has 1 aromatic carbocycles. The first kappa shape index (κ1) is 24.7. The second-order valence-electron chi connectivity index (χ2n) is 10.3. The largest absolute Gasteiger partial charge is 0.489 e. The Morgan fingerprint density at radius 3 is 2.62 bits per heavy atom. The monoisotopic (exact) mass is 468 g/mol. The lowest BCUT2D eigenvalue weighted by Crippen LogP contribution is -2.50. The van der Waals surface area contributed by atoms with Crippen LogP contribution in [0, 0.1) is 11.8 Å². The lowest BCUT2D eigenvalue weighted by Gasteiger charge is -2.40. The minimum absolute atomic E-state index is 0.168. The third-order valence-electron chi connectivity index (χ3n) is 7.59. The fourth-order valence-electron chi connectivity index (χ4n) is 5.19. The van der Waals surface area contributed by atoms with Gasteiger partial charge in [0.15, 0.2) is 0 Å². The number of fused-ring (bicyclic) bond motifs is 3. The molecule has 3 aliphatic rings. The predicted octanol–water partition coefficient (Wildman–Crippen LogP) is 2.47. The van der Waals surface area contributed by atoms with Crippen molar-refractivity contribution in [1.29, 1.82) is 0 Å². The molecule has 0 aromatic heterocycles. The summed E-state index contributed by atoms with van der Waals surface area (Å²) in [6, 6.07) is 8.34. The van der Waals surface area contributed by atoms with Gasteiger partial charge >= 0.3 is 0 Å². The van der Waals surface area contributed by atoms with Crippen LogP contribution in [0.5, 0.6) is 5.75 Å². The highest BCUT2D eigenvalue weighted by atomic mass is 16.5. The molecule has 186 valence electrons. The van der Waals surface area contributed by atoms with Crippen LogP contribution in [0.3, 0.4) is 0 Å². The minimum Gasteiger partial charge on any atom is -0.489 e. The standard InChI is InChI=1S/C27H40N4O3/c1-21(2)31-19-24-7-4-5-9-25(24)34-16-6-8-23-18-30(27(33)20-31)11-10-22(23)17-26(32)29-14-12-28(3)13-15-29/h4-9,21-23H,10-20H2,1-3H3/b8-6+/t22-,23-/m0/s1. The Balaban J connectivity index is 1.49. The van der Waals surface area contributed by atoms with Crippen LogP contribution in [-0.2, 0) is 16.1 Å². The molecule has 0 saturated carbocycles. The minimum atomic E-state index is 0.168. The van der Waals surface area contributed by atoms with Gasteiger partial charge in [-0.25, -0.2) is 0 Å². The lowest BCUT2D eigenvalue weighted by atomic mass is 9.82. The lowest BCUT2D eigenvalue weighted by molar-refractivity contribution is -0.137. The fraction of sp³-hybridized carbons (Fsp3) is 0.630. The fourth-order valence-corrected chi connectivity index (χ4v) is 5.19. The van der Waals surface area contributed by atoms with Crippen molar-refractivity contribution in [2.45, 2.75) is 39.3 Å². The number of amides is 2. The van der Waals surface area contributed by atoms with E-state index in [1.807, 2.05) is 28.0 Å². The molecule has 2 fully saturated rings. The number of para-hydroxylation sites is 1. The first-order valence-corrected chi connectivity index (χ1v) is 12.8. The zero-order valence-corrected chi connectivity index (χ0v) is 21.0. The van der Waals surface area contributed by atoms with Gasteiger partial charge in [0.05, 0.1) is 6.54 Å². The van der Waals surface area contributed by atoms with Crippen molar-refractivity contribution in [3.05, 3.63) is 42.0 Å². The number of nitrogens with zero attached hydrogens (tertiary/aromatic N) is 4. The quantitative estimate of drug-likeness (QED) is 0.638. The molecule has 3 aliphatic heterocycles. The molecular weight excluding hydrogens is 428 g/mol. The number of hydrogen-bond acceptors (Lipinski definition) is 5. The number of carbonyl (C=O) groups is 2. The highest BCUT2D eigenvalue weighted by molar-refractivity contribution is 5.79. The van der Waals surface area contributed by atoms with Crippen LogP contribution in [-0.4, -0.2) is 96.9 Å². The van der Waals surface area contributed by atoms with E-state index in [0.717, 1.165) is 50.5 Å². The molecule has 2 amide bonds. The van der Waals surface area contributed by atoms with Gasteiger partial charge in [-0.2, -0.15) is 0 Å². The highest BCUT2D eigenvalue weighted by Gasteiger charge is 2.33. The van der Waals surface area contributed by atoms with E-state index in [2.05, 4.69) is 48.9 Å². The normalized spacial score (nSPS) is 26.2. The SMILES string of the molecule is CC(C)N1CC(=O)N2CC[C@@H](CC(=O)N3CCN(C)CC3)[C@@H](/C=C/COc3ccccc3C1)C2. The molecule has 3 heterocycles. The third kappa shape index (κ3) is 6.19. The number of rotatable bonds is 3. The molecule has 4 rings (SSSR count). The molecule has 0 aliphatic carbocycles. The maximum absolute atomic E-state index is 13.3. The summed E-state index contributed by atoms with van der Waals surface area (Å²) in [5.74, 6) is 1.72. The van der Waals surface area contributed by atoms with E-state index in [9.17, 15) is 9.59 Å². The van der Waals surface area contributed by atoms with Gasteiger partial charge in [0.2, 0.25) is 11.8 Å². The average molecular weight is 469 g/mol. The number of hydrogen-bond donors (Lipinski definition) is 0. The molecule has 0 N–H and O–H groups in total. The van der Waals surface area contributed by atoms with E-state index < -0.39 is 0 Å². The van der Waals surface area contributed by atoms with Gasteiger partial charge < -0.3 is 19.4 Å². The summed E-state index contributed by atoms with van der Waals surface area (Å²) in [7, 11) is 2.10. The van der Waals surface area contributed by atoms with Crippen LogP contribution in [0.25, 0.3) is 0 Å². The summed E-state index contributed by atoms with van der Waals surface area (Å²) in [5, 5.41) is 0. The molecule has 2 saturated heterocycles. The van der Waals surface area contributed by atoms with Crippen molar-refractivity contribution < 1.29 is 14.3 Å². The Kier molecular flexibility index (Phi) is 8.27. The first-order chi connectivity index (χ1) is 16.4. The number of piperidine rings is 1. The number of ether oxygens (including phenoxy) is 1. The maximum atomic E-state index is 13.3. The van der Waals surface area contributed by atoms with Crippen LogP contribution in [0.15, 0.2) is 36.4 Å². The van der Waals surface area contributed by atoms with Crippen LogP contribution in [0.1, 0.15) is 32.3 Å². The van der Waals surface area contributed by atoms with Crippen molar-refractivity contribution >= 4 is 11.8 Å². The number of piperazine rings is 1. The summed E-state index contributed by atoms with van der Waals surface area (Å²) in [6.07, 6.45) is 5.68. The van der Waals surface area contributed by atoms with Crippen molar-refractivity contribution in [2.75, 3.05) is 59.5 Å². The molecule has 34 heavy (non-hydrogen) atoms. The highest BCUT2D eigenvalue weighted by Crippen LogP contribution is 2.30. The summed E-state index contributed by atoms with van der Waals surface area (Å²) in [4.78, 5) is 34.9. The molecule has 7 nitrogen and oxygen atoms in total. The molecule has 1 aromatic rings. The first-order valence-electron chi connectivity index (χ1n) is 12.8. The average Bonchev–Trinajstić information content (AvgIpc) is 2.83. The van der Waals surface area contributed by atoms with Gasteiger partial charge in [-0.1, -0.05) is 30.4 Å². The number of carbonyl (C=O) groups excluding carboxylic acids is 2. The van der Waals surface area contributed by atoms with Gasteiger partial charge in [0, 0.05) is 63.8 Å². The summed E-state index contributed by atoms with van der Waals surface area (Å²) >= 11 is 0. The Hall–Kier alpha value is -2.38. The second kappa shape index (κ2) is 11.4. The van der Waals surface area contributed by atoms with Crippen LogP contribution in [0.4, 0.5) is 0 Å². The van der Waals surface area contributed by atoms with Gasteiger partial charge in [-0.15, -0.1) is 0 Å². The van der Waals surface area contributed by atoms with E-state index in [1.165, 1.54) is 0 Å². The van der Waals surface area contributed by atoms with Crippen LogP contribution in [0.2, 0.25) is 0 Å². The van der Waals surface area contributed by atoms with Crippen LogP contribution < -0.4 is 4.74 Å². The molecular formula is C27H40N4O3. The summed E-state index contributed by atoms with van der Waals surface area (Å²) < 4.78 is 6.12. The second-order valence-corrected chi connectivity index (χ2v) is 10.3. The topological polar surface area (TPSA) is 56.3 Å². The third-order valence-corrected chi connectivity index (χ3v) is 7.59. The molecule has 2 bridgehead atoms.